The van der Waals surface area contributed by atoms with Gasteiger partial charge >= 0.3 is 11.9 Å². The maximum atomic E-state index is 10.8. The Morgan fingerprint density at radius 2 is 1.15 bits per heavy atom. The first-order chi connectivity index (χ1) is 12.6. The molecule has 0 heterocycles. The third-order valence-corrected chi connectivity index (χ3v) is 3.14. The van der Waals surface area contributed by atoms with Crippen molar-refractivity contribution in [1.29, 1.82) is 0 Å². The van der Waals surface area contributed by atoms with Crippen molar-refractivity contribution in [1.82, 2.24) is 0 Å². The van der Waals surface area contributed by atoms with Gasteiger partial charge in [-0.3, -0.25) is 0 Å². The van der Waals surface area contributed by atoms with Gasteiger partial charge in [-0.05, 0) is 35.4 Å². The average Bonchev–Trinajstić information content (AvgIpc) is 2.71. The summed E-state index contributed by atoms with van der Waals surface area (Å²) >= 11 is 0. The largest absolute Gasteiger partial charge is 0.497 e. The number of rotatable bonds is 5. The third-order valence-electron chi connectivity index (χ3n) is 3.14. The maximum absolute atomic E-state index is 10.8. The summed E-state index contributed by atoms with van der Waals surface area (Å²) in [4.78, 5) is 21.5. The van der Waals surface area contributed by atoms with Gasteiger partial charge in [0.25, 0.3) is 0 Å². The number of hydrogen-bond donors (Lipinski definition) is 0. The quantitative estimate of drug-likeness (QED) is 0.604. The standard InChI is InChI=1S/C11H12O3.C10H10O2/c1-13-10-6-3-9(4-7-10)5-8-11(12)14-2;1-12-10(11)8-7-9-5-3-2-4-6-9/h3-8H,1-2H3;2-8H,1H3/b8-5+;8-7+. The molecule has 0 radical (unpaired) electrons. The Morgan fingerprint density at radius 3 is 1.58 bits per heavy atom. The molecule has 0 aliphatic carbocycles. The second-order valence-corrected chi connectivity index (χ2v) is 4.90. The van der Waals surface area contributed by atoms with Gasteiger partial charge in [0.2, 0.25) is 0 Å². The molecule has 0 saturated heterocycles. The fourth-order valence-corrected chi connectivity index (χ4v) is 1.74. The summed E-state index contributed by atoms with van der Waals surface area (Å²) in [5.41, 5.74) is 1.92. The number of carbonyl (C=O) groups is 2. The molecule has 0 bridgehead atoms. The van der Waals surface area contributed by atoms with Crippen molar-refractivity contribution >= 4 is 24.1 Å². The van der Waals surface area contributed by atoms with Crippen LogP contribution in [-0.2, 0) is 19.1 Å². The molecular formula is C21H22O5. The molecule has 0 atom stereocenters. The second-order valence-electron chi connectivity index (χ2n) is 4.90. The number of carbonyl (C=O) groups excluding carboxylic acids is 2. The molecule has 26 heavy (non-hydrogen) atoms. The van der Waals surface area contributed by atoms with E-state index in [1.165, 1.54) is 26.4 Å². The van der Waals surface area contributed by atoms with Crippen LogP contribution in [-0.4, -0.2) is 33.3 Å². The van der Waals surface area contributed by atoms with Crippen LogP contribution < -0.4 is 4.74 Å². The number of benzene rings is 2. The highest BCUT2D eigenvalue weighted by molar-refractivity contribution is 5.87. The molecule has 2 aromatic rings. The number of esters is 2. The van der Waals surface area contributed by atoms with E-state index in [-0.39, 0.29) is 11.9 Å². The molecule has 136 valence electrons. The van der Waals surface area contributed by atoms with E-state index < -0.39 is 0 Å². The summed E-state index contributed by atoms with van der Waals surface area (Å²) in [7, 11) is 4.32. The normalized spacial score (nSPS) is 10.1. The van der Waals surface area contributed by atoms with Crippen LogP contribution in [0, 0.1) is 0 Å². The Hall–Kier alpha value is -3.34. The van der Waals surface area contributed by atoms with Gasteiger partial charge in [-0.2, -0.15) is 0 Å². The van der Waals surface area contributed by atoms with Crippen molar-refractivity contribution in [2.45, 2.75) is 0 Å². The summed E-state index contributed by atoms with van der Waals surface area (Å²) < 4.78 is 13.9. The first-order valence-electron chi connectivity index (χ1n) is 7.80. The summed E-state index contributed by atoms with van der Waals surface area (Å²) in [5.74, 6) is 0.0971. The average molecular weight is 354 g/mol. The predicted molar refractivity (Wildman–Crippen MR) is 102 cm³/mol. The minimum atomic E-state index is -0.360. The number of hydrogen-bond acceptors (Lipinski definition) is 5. The molecule has 0 amide bonds. The Kier molecular flexibility index (Phi) is 9.62. The van der Waals surface area contributed by atoms with Crippen molar-refractivity contribution in [2.75, 3.05) is 21.3 Å². The van der Waals surface area contributed by atoms with Gasteiger partial charge < -0.3 is 14.2 Å². The lowest BCUT2D eigenvalue weighted by atomic mass is 10.2. The third kappa shape index (κ3) is 8.49. The first-order valence-corrected chi connectivity index (χ1v) is 7.80. The van der Waals surface area contributed by atoms with E-state index >= 15 is 0 Å². The van der Waals surface area contributed by atoms with E-state index in [0.717, 1.165) is 16.9 Å². The van der Waals surface area contributed by atoms with Crippen LogP contribution in [0.5, 0.6) is 5.75 Å². The fourth-order valence-electron chi connectivity index (χ4n) is 1.74. The zero-order chi connectivity index (χ0) is 19.2. The fraction of sp³-hybridized carbons (Fsp3) is 0.143. The molecule has 5 nitrogen and oxygen atoms in total. The highest BCUT2D eigenvalue weighted by Gasteiger charge is 1.93. The van der Waals surface area contributed by atoms with E-state index in [9.17, 15) is 9.59 Å². The molecule has 0 fully saturated rings. The lowest BCUT2D eigenvalue weighted by molar-refractivity contribution is -0.135. The zero-order valence-electron chi connectivity index (χ0n) is 15.0. The SMILES string of the molecule is COC(=O)/C=C/c1ccc(OC)cc1.COC(=O)/C=C/c1ccccc1. The first kappa shape index (κ1) is 20.7. The van der Waals surface area contributed by atoms with Gasteiger partial charge in [0.05, 0.1) is 21.3 Å². The molecule has 2 rings (SSSR count). The lowest BCUT2D eigenvalue weighted by Gasteiger charge is -1.98. The van der Waals surface area contributed by atoms with Crippen LogP contribution in [0.2, 0.25) is 0 Å². The smallest absolute Gasteiger partial charge is 0.330 e. The molecule has 5 heteroatoms. The predicted octanol–water partition coefficient (Wildman–Crippen LogP) is 3.75. The minimum Gasteiger partial charge on any atom is -0.497 e. The summed E-state index contributed by atoms with van der Waals surface area (Å²) in [5, 5.41) is 0. The Labute approximate surface area is 153 Å². The van der Waals surface area contributed by atoms with Crippen LogP contribution in [0.25, 0.3) is 12.2 Å². The van der Waals surface area contributed by atoms with Gasteiger partial charge in [-0.25, -0.2) is 9.59 Å². The van der Waals surface area contributed by atoms with Gasteiger partial charge in [0.1, 0.15) is 5.75 Å². The van der Waals surface area contributed by atoms with Crippen LogP contribution in [0.1, 0.15) is 11.1 Å². The zero-order valence-corrected chi connectivity index (χ0v) is 15.0. The van der Waals surface area contributed by atoms with E-state index in [1.807, 2.05) is 54.6 Å². The maximum Gasteiger partial charge on any atom is 0.330 e. The van der Waals surface area contributed by atoms with E-state index in [4.69, 9.17) is 4.74 Å². The molecule has 0 aliphatic rings. The molecule has 0 N–H and O–H groups in total. The summed E-state index contributed by atoms with van der Waals surface area (Å²) in [6.07, 6.45) is 6.17. The lowest BCUT2D eigenvalue weighted by Crippen LogP contribution is -1.93. The monoisotopic (exact) mass is 354 g/mol. The highest BCUT2D eigenvalue weighted by atomic mass is 16.5. The minimum absolute atomic E-state index is 0.334. The molecule has 2 aromatic carbocycles. The summed E-state index contributed by atoms with van der Waals surface area (Å²) in [6, 6.07) is 17.0. The van der Waals surface area contributed by atoms with E-state index in [2.05, 4.69) is 9.47 Å². The molecule has 0 saturated carbocycles. The van der Waals surface area contributed by atoms with Crippen molar-refractivity contribution in [2.24, 2.45) is 0 Å². The van der Waals surface area contributed by atoms with Crippen LogP contribution >= 0.6 is 0 Å². The van der Waals surface area contributed by atoms with Crippen LogP contribution in [0.3, 0.4) is 0 Å². The molecule has 0 unspecified atom stereocenters. The number of ether oxygens (including phenoxy) is 3. The van der Waals surface area contributed by atoms with Crippen LogP contribution in [0.15, 0.2) is 66.7 Å². The molecular weight excluding hydrogens is 332 g/mol. The summed E-state index contributed by atoms with van der Waals surface area (Å²) in [6.45, 7) is 0. The van der Waals surface area contributed by atoms with Gasteiger partial charge in [-0.15, -0.1) is 0 Å². The van der Waals surface area contributed by atoms with Crippen molar-refractivity contribution < 1.29 is 23.8 Å². The Bertz CT molecular complexity index is 731. The Morgan fingerprint density at radius 1 is 0.692 bits per heavy atom. The van der Waals surface area contributed by atoms with Gasteiger partial charge in [-0.1, -0.05) is 42.5 Å². The molecule has 0 aliphatic heterocycles. The van der Waals surface area contributed by atoms with E-state index in [0.29, 0.717) is 0 Å². The van der Waals surface area contributed by atoms with Crippen molar-refractivity contribution in [3.05, 3.63) is 77.9 Å². The van der Waals surface area contributed by atoms with Gasteiger partial charge in [0, 0.05) is 12.2 Å². The van der Waals surface area contributed by atoms with Crippen molar-refractivity contribution in [3.8, 4) is 5.75 Å². The van der Waals surface area contributed by atoms with Crippen molar-refractivity contribution in [3.63, 3.8) is 0 Å². The van der Waals surface area contributed by atoms with Gasteiger partial charge in [0.15, 0.2) is 0 Å². The molecule has 0 aromatic heterocycles. The number of methoxy groups -OCH3 is 3. The Balaban J connectivity index is 0.000000263. The topological polar surface area (TPSA) is 61.8 Å². The highest BCUT2D eigenvalue weighted by Crippen LogP contribution is 2.12. The second kappa shape index (κ2) is 12.1. The van der Waals surface area contributed by atoms with E-state index in [1.54, 1.807) is 19.3 Å². The molecule has 0 spiro atoms. The van der Waals surface area contributed by atoms with Crippen LogP contribution in [0.4, 0.5) is 0 Å².